The van der Waals surface area contributed by atoms with Crippen LogP contribution in [-0.2, 0) is 4.79 Å². The second kappa shape index (κ2) is 7.26. The van der Waals surface area contributed by atoms with E-state index in [4.69, 9.17) is 9.47 Å². The van der Waals surface area contributed by atoms with E-state index in [0.717, 1.165) is 40.2 Å². The first-order chi connectivity index (χ1) is 12.6. The molecule has 144 valence electrons. The molecular weight excluding hydrogens is 338 g/mol. The highest BCUT2D eigenvalue weighted by molar-refractivity contribution is 5.78. The van der Waals surface area contributed by atoms with Crippen LogP contribution in [0.5, 0.6) is 11.5 Å². The SMILES string of the molecule is Cc1ccc2c(c1)OC(C)(C)C[C@@H]2NC(=O)COc1cc(C)cc(C)c1C. The summed E-state index contributed by atoms with van der Waals surface area (Å²) in [6.07, 6.45) is 0.720. The van der Waals surface area contributed by atoms with Crippen LogP contribution in [0.25, 0.3) is 0 Å². The molecule has 27 heavy (non-hydrogen) atoms. The molecule has 0 unspecified atom stereocenters. The summed E-state index contributed by atoms with van der Waals surface area (Å²) in [4.78, 5) is 12.6. The van der Waals surface area contributed by atoms with Crippen LogP contribution in [0, 0.1) is 27.7 Å². The lowest BCUT2D eigenvalue weighted by molar-refractivity contribution is -0.124. The van der Waals surface area contributed by atoms with Gasteiger partial charge in [0.05, 0.1) is 6.04 Å². The number of rotatable bonds is 4. The van der Waals surface area contributed by atoms with Crippen molar-refractivity contribution < 1.29 is 14.3 Å². The van der Waals surface area contributed by atoms with E-state index in [-0.39, 0.29) is 24.2 Å². The van der Waals surface area contributed by atoms with Gasteiger partial charge in [-0.2, -0.15) is 0 Å². The molecule has 0 radical (unpaired) electrons. The topological polar surface area (TPSA) is 47.6 Å². The summed E-state index contributed by atoms with van der Waals surface area (Å²) >= 11 is 0. The molecule has 2 aromatic rings. The molecule has 1 aliphatic heterocycles. The average molecular weight is 367 g/mol. The number of carbonyl (C=O) groups is 1. The van der Waals surface area contributed by atoms with Crippen molar-refractivity contribution in [2.75, 3.05) is 6.61 Å². The van der Waals surface area contributed by atoms with Crippen molar-refractivity contribution >= 4 is 5.91 Å². The highest BCUT2D eigenvalue weighted by atomic mass is 16.5. The highest BCUT2D eigenvalue weighted by Gasteiger charge is 2.34. The average Bonchev–Trinajstić information content (AvgIpc) is 2.55. The molecule has 3 rings (SSSR count). The van der Waals surface area contributed by atoms with Crippen molar-refractivity contribution in [3.05, 3.63) is 58.1 Å². The van der Waals surface area contributed by atoms with Crippen LogP contribution in [0.3, 0.4) is 0 Å². The van der Waals surface area contributed by atoms with Gasteiger partial charge < -0.3 is 14.8 Å². The Balaban J connectivity index is 1.71. The number of ether oxygens (including phenoxy) is 2. The number of aryl methyl sites for hydroxylation is 3. The quantitative estimate of drug-likeness (QED) is 0.851. The molecule has 1 amide bonds. The van der Waals surface area contributed by atoms with E-state index in [1.807, 2.05) is 52.8 Å². The molecule has 1 aliphatic rings. The molecule has 0 fully saturated rings. The molecule has 4 heteroatoms. The van der Waals surface area contributed by atoms with Gasteiger partial charge in [0.2, 0.25) is 0 Å². The van der Waals surface area contributed by atoms with E-state index < -0.39 is 0 Å². The molecule has 1 heterocycles. The van der Waals surface area contributed by atoms with Crippen LogP contribution < -0.4 is 14.8 Å². The first kappa shape index (κ1) is 19.3. The second-order valence-electron chi connectivity index (χ2n) is 8.22. The summed E-state index contributed by atoms with van der Waals surface area (Å²) in [6.45, 7) is 12.2. The Hall–Kier alpha value is -2.49. The van der Waals surface area contributed by atoms with Gasteiger partial charge in [0.25, 0.3) is 5.91 Å². The molecule has 0 aromatic heterocycles. The molecular formula is C23H29NO3. The highest BCUT2D eigenvalue weighted by Crippen LogP contribution is 2.39. The van der Waals surface area contributed by atoms with Crippen molar-refractivity contribution in [2.24, 2.45) is 0 Å². The lowest BCUT2D eigenvalue weighted by Gasteiger charge is -2.38. The van der Waals surface area contributed by atoms with E-state index in [0.29, 0.717) is 0 Å². The fourth-order valence-electron chi connectivity index (χ4n) is 3.62. The number of hydrogen-bond acceptors (Lipinski definition) is 3. The van der Waals surface area contributed by atoms with E-state index in [9.17, 15) is 4.79 Å². The first-order valence-corrected chi connectivity index (χ1v) is 9.44. The lowest BCUT2D eigenvalue weighted by Crippen LogP contribution is -2.42. The molecule has 0 saturated carbocycles. The van der Waals surface area contributed by atoms with Crippen molar-refractivity contribution in [2.45, 2.75) is 59.6 Å². The van der Waals surface area contributed by atoms with Gasteiger partial charge in [-0.3, -0.25) is 4.79 Å². The maximum Gasteiger partial charge on any atom is 0.258 e. The predicted octanol–water partition coefficient (Wildman–Crippen LogP) is 4.72. The van der Waals surface area contributed by atoms with Crippen LogP contribution in [-0.4, -0.2) is 18.1 Å². The minimum Gasteiger partial charge on any atom is -0.487 e. The predicted molar refractivity (Wildman–Crippen MR) is 108 cm³/mol. The van der Waals surface area contributed by atoms with Crippen molar-refractivity contribution in [1.29, 1.82) is 0 Å². The summed E-state index contributed by atoms with van der Waals surface area (Å²) in [6, 6.07) is 10.1. The fourth-order valence-corrected chi connectivity index (χ4v) is 3.62. The van der Waals surface area contributed by atoms with Gasteiger partial charge in [-0.05, 0) is 75.9 Å². The Labute approximate surface area is 161 Å². The molecule has 0 saturated heterocycles. The number of hydrogen-bond donors (Lipinski definition) is 1. The number of nitrogens with one attached hydrogen (secondary N) is 1. The van der Waals surface area contributed by atoms with Gasteiger partial charge in [0.1, 0.15) is 17.1 Å². The number of benzene rings is 2. The fraction of sp³-hybridized carbons (Fsp3) is 0.435. The Morgan fingerprint density at radius 2 is 1.89 bits per heavy atom. The Bertz CT molecular complexity index is 870. The largest absolute Gasteiger partial charge is 0.487 e. The zero-order valence-corrected chi connectivity index (χ0v) is 17.1. The summed E-state index contributed by atoms with van der Waals surface area (Å²) in [7, 11) is 0. The van der Waals surface area contributed by atoms with E-state index in [2.05, 4.69) is 24.4 Å². The van der Waals surface area contributed by atoms with Gasteiger partial charge in [0.15, 0.2) is 6.61 Å². The molecule has 0 aliphatic carbocycles. The Kier molecular flexibility index (Phi) is 5.18. The third kappa shape index (κ3) is 4.44. The third-order valence-electron chi connectivity index (χ3n) is 5.08. The lowest BCUT2D eigenvalue weighted by atomic mass is 9.89. The normalized spacial score (nSPS) is 17.6. The molecule has 1 atom stereocenters. The van der Waals surface area contributed by atoms with Crippen molar-refractivity contribution in [1.82, 2.24) is 5.32 Å². The maximum atomic E-state index is 12.6. The van der Waals surface area contributed by atoms with Crippen molar-refractivity contribution in [3.8, 4) is 11.5 Å². The van der Waals surface area contributed by atoms with Crippen molar-refractivity contribution in [3.63, 3.8) is 0 Å². The van der Waals surface area contributed by atoms with Gasteiger partial charge in [-0.15, -0.1) is 0 Å². The van der Waals surface area contributed by atoms with E-state index in [1.165, 1.54) is 5.56 Å². The maximum absolute atomic E-state index is 12.6. The zero-order chi connectivity index (χ0) is 19.8. The molecule has 0 bridgehead atoms. The standard InChI is InChI=1S/C23H29NO3/c1-14-7-8-18-19(12-23(5,6)27-21(18)10-14)24-22(25)13-26-20-11-15(2)9-16(3)17(20)4/h7-11,19H,12-13H2,1-6H3,(H,24,25)/t19-/m0/s1. The summed E-state index contributed by atoms with van der Waals surface area (Å²) < 4.78 is 11.9. The minimum atomic E-state index is -0.330. The minimum absolute atomic E-state index is 0.00269. The van der Waals surface area contributed by atoms with Gasteiger partial charge >= 0.3 is 0 Å². The smallest absolute Gasteiger partial charge is 0.258 e. The molecule has 4 nitrogen and oxygen atoms in total. The van der Waals surface area contributed by atoms with E-state index in [1.54, 1.807) is 0 Å². The van der Waals surface area contributed by atoms with Gasteiger partial charge in [0, 0.05) is 12.0 Å². The van der Waals surface area contributed by atoms with Crippen LogP contribution >= 0.6 is 0 Å². The number of carbonyl (C=O) groups excluding carboxylic acids is 1. The zero-order valence-electron chi connectivity index (χ0n) is 17.1. The van der Waals surface area contributed by atoms with Crippen LogP contribution in [0.2, 0.25) is 0 Å². The summed E-state index contributed by atoms with van der Waals surface area (Å²) in [5.74, 6) is 1.50. The molecule has 0 spiro atoms. The monoisotopic (exact) mass is 367 g/mol. The van der Waals surface area contributed by atoms with Crippen LogP contribution in [0.4, 0.5) is 0 Å². The first-order valence-electron chi connectivity index (χ1n) is 9.44. The molecule has 1 N–H and O–H groups in total. The summed E-state index contributed by atoms with van der Waals surface area (Å²) in [5, 5.41) is 3.13. The third-order valence-corrected chi connectivity index (χ3v) is 5.08. The second-order valence-corrected chi connectivity index (χ2v) is 8.22. The van der Waals surface area contributed by atoms with Crippen LogP contribution in [0.1, 0.15) is 54.1 Å². The Morgan fingerprint density at radius 1 is 1.15 bits per heavy atom. The Morgan fingerprint density at radius 3 is 2.63 bits per heavy atom. The van der Waals surface area contributed by atoms with Crippen LogP contribution in [0.15, 0.2) is 30.3 Å². The van der Waals surface area contributed by atoms with Gasteiger partial charge in [-0.1, -0.05) is 18.2 Å². The van der Waals surface area contributed by atoms with E-state index >= 15 is 0 Å². The number of fused-ring (bicyclic) bond motifs is 1. The summed E-state index contributed by atoms with van der Waals surface area (Å²) in [5.41, 5.74) is 5.21. The molecule has 2 aromatic carbocycles. The van der Waals surface area contributed by atoms with Gasteiger partial charge in [-0.25, -0.2) is 0 Å². The number of amides is 1.